The SMILES string of the molecule is Cc1cc(N=c2c([N+](=O)[O-])nn(-c3cccc(Cl)c3)n2O)ccc1Br. The predicted molar refractivity (Wildman–Crippen MR) is 94.5 cm³/mol. The van der Waals surface area contributed by atoms with Crippen molar-refractivity contribution in [3.05, 3.63) is 73.1 Å². The van der Waals surface area contributed by atoms with E-state index in [1.54, 1.807) is 36.4 Å². The van der Waals surface area contributed by atoms with Gasteiger partial charge in [-0.3, -0.25) is 0 Å². The Bertz CT molecular complexity index is 1040. The number of nitrogens with zero attached hydrogens (tertiary/aromatic N) is 5. The summed E-state index contributed by atoms with van der Waals surface area (Å²) in [5, 5.41) is 25.9. The van der Waals surface area contributed by atoms with Gasteiger partial charge in [0.25, 0.3) is 5.49 Å². The van der Waals surface area contributed by atoms with E-state index >= 15 is 0 Å². The van der Waals surface area contributed by atoms with E-state index in [1.165, 1.54) is 6.07 Å². The quantitative estimate of drug-likeness (QED) is 0.393. The molecule has 1 N–H and O–H groups in total. The van der Waals surface area contributed by atoms with Gasteiger partial charge in [-0.05, 0) is 58.6 Å². The molecular formula is C15H11BrClN5O3. The summed E-state index contributed by atoms with van der Waals surface area (Å²) >= 11 is 9.30. The molecule has 3 aromatic rings. The maximum Gasteiger partial charge on any atom is 0.438 e. The van der Waals surface area contributed by atoms with Crippen molar-refractivity contribution in [2.75, 3.05) is 0 Å². The summed E-state index contributed by atoms with van der Waals surface area (Å²) < 4.78 is 0.882. The number of aryl methyl sites for hydroxylation is 1. The van der Waals surface area contributed by atoms with Crippen molar-refractivity contribution in [3.63, 3.8) is 0 Å². The molecule has 0 unspecified atom stereocenters. The number of rotatable bonds is 3. The summed E-state index contributed by atoms with van der Waals surface area (Å²) in [6, 6.07) is 11.5. The van der Waals surface area contributed by atoms with Crippen molar-refractivity contribution in [3.8, 4) is 5.69 Å². The molecular weight excluding hydrogens is 414 g/mol. The zero-order valence-corrected chi connectivity index (χ0v) is 15.1. The van der Waals surface area contributed by atoms with Gasteiger partial charge in [0.1, 0.15) is 5.69 Å². The van der Waals surface area contributed by atoms with Crippen LogP contribution in [0, 0.1) is 17.0 Å². The molecule has 0 spiro atoms. The smallest absolute Gasteiger partial charge is 0.409 e. The minimum Gasteiger partial charge on any atom is -0.409 e. The van der Waals surface area contributed by atoms with Crippen LogP contribution in [0.3, 0.4) is 0 Å². The molecule has 128 valence electrons. The van der Waals surface area contributed by atoms with Crippen LogP contribution in [0.4, 0.5) is 11.5 Å². The Morgan fingerprint density at radius 1 is 1.32 bits per heavy atom. The summed E-state index contributed by atoms with van der Waals surface area (Å²) in [5.74, 6) is -0.581. The molecule has 25 heavy (non-hydrogen) atoms. The number of benzene rings is 2. The average molecular weight is 425 g/mol. The van der Waals surface area contributed by atoms with Gasteiger partial charge in [-0.1, -0.05) is 38.4 Å². The second-order valence-electron chi connectivity index (χ2n) is 5.11. The molecule has 1 heterocycles. The standard InChI is InChI=1S/C15H11BrClN5O3/c1-9-7-11(5-6-13(9)16)18-14-15(22(24)25)19-20(21(14)23)12-4-2-3-10(17)8-12/h2-8,23H,1H3. The molecule has 2 aromatic carbocycles. The molecule has 0 aliphatic heterocycles. The lowest BCUT2D eigenvalue weighted by Gasteiger charge is -2.01. The summed E-state index contributed by atoms with van der Waals surface area (Å²) in [5.41, 5.74) is 1.39. The van der Waals surface area contributed by atoms with Gasteiger partial charge in [-0.2, -0.15) is 0 Å². The molecule has 0 radical (unpaired) electrons. The van der Waals surface area contributed by atoms with Gasteiger partial charge >= 0.3 is 5.82 Å². The molecule has 0 fully saturated rings. The second kappa shape index (κ2) is 6.69. The van der Waals surface area contributed by atoms with Gasteiger partial charge in [0.05, 0.1) is 10.8 Å². The van der Waals surface area contributed by atoms with Crippen molar-refractivity contribution in [1.82, 2.24) is 14.7 Å². The molecule has 3 rings (SSSR count). The fourth-order valence-corrected chi connectivity index (χ4v) is 2.59. The largest absolute Gasteiger partial charge is 0.438 e. The van der Waals surface area contributed by atoms with Crippen LogP contribution >= 0.6 is 27.5 Å². The average Bonchev–Trinajstić information content (AvgIpc) is 2.88. The van der Waals surface area contributed by atoms with Crippen LogP contribution in [0.2, 0.25) is 5.02 Å². The Morgan fingerprint density at radius 2 is 2.08 bits per heavy atom. The highest BCUT2D eigenvalue weighted by Gasteiger charge is 2.24. The molecule has 0 amide bonds. The third-order valence-corrected chi connectivity index (χ3v) is 4.47. The Hall–Kier alpha value is -2.65. The van der Waals surface area contributed by atoms with Crippen molar-refractivity contribution in [2.24, 2.45) is 4.99 Å². The highest BCUT2D eigenvalue weighted by molar-refractivity contribution is 9.10. The van der Waals surface area contributed by atoms with Crippen molar-refractivity contribution >= 4 is 39.0 Å². The second-order valence-corrected chi connectivity index (χ2v) is 6.40. The topological polar surface area (TPSA) is 98.5 Å². The monoisotopic (exact) mass is 423 g/mol. The number of hydrogen-bond acceptors (Lipinski definition) is 5. The Balaban J connectivity index is 2.24. The van der Waals surface area contributed by atoms with Crippen LogP contribution in [0.15, 0.2) is 51.9 Å². The highest BCUT2D eigenvalue weighted by atomic mass is 79.9. The van der Waals surface area contributed by atoms with Crippen LogP contribution in [-0.2, 0) is 0 Å². The first-order chi connectivity index (χ1) is 11.9. The third kappa shape index (κ3) is 3.42. The number of hydrogen-bond donors (Lipinski definition) is 1. The Labute approximate surface area is 154 Å². The van der Waals surface area contributed by atoms with Crippen molar-refractivity contribution < 1.29 is 10.1 Å². The zero-order valence-electron chi connectivity index (χ0n) is 12.8. The Kier molecular flexibility index (Phi) is 4.60. The summed E-state index contributed by atoms with van der Waals surface area (Å²) in [6.45, 7) is 1.86. The van der Waals surface area contributed by atoms with Crippen LogP contribution in [-0.4, -0.2) is 24.9 Å². The van der Waals surface area contributed by atoms with E-state index in [0.717, 1.165) is 14.8 Å². The molecule has 0 saturated heterocycles. The molecule has 0 atom stereocenters. The van der Waals surface area contributed by atoms with E-state index in [9.17, 15) is 15.3 Å². The molecule has 1 aromatic heterocycles. The van der Waals surface area contributed by atoms with Crippen LogP contribution < -0.4 is 5.49 Å². The number of aromatic nitrogens is 3. The fraction of sp³-hybridized carbons (Fsp3) is 0.0667. The lowest BCUT2D eigenvalue weighted by molar-refractivity contribution is -0.391. The van der Waals surface area contributed by atoms with Gasteiger partial charge < -0.3 is 15.3 Å². The van der Waals surface area contributed by atoms with Crippen molar-refractivity contribution in [1.29, 1.82) is 0 Å². The van der Waals surface area contributed by atoms with E-state index in [2.05, 4.69) is 26.0 Å². The molecule has 0 aliphatic carbocycles. The predicted octanol–water partition coefficient (Wildman–Crippen LogP) is 3.78. The normalized spacial score (nSPS) is 11.7. The molecule has 0 bridgehead atoms. The number of nitro groups is 1. The van der Waals surface area contributed by atoms with Crippen LogP contribution in [0.5, 0.6) is 0 Å². The van der Waals surface area contributed by atoms with Gasteiger partial charge in [0.2, 0.25) is 0 Å². The Morgan fingerprint density at radius 3 is 2.72 bits per heavy atom. The van der Waals surface area contributed by atoms with E-state index in [0.29, 0.717) is 21.2 Å². The minimum atomic E-state index is -0.710. The maximum absolute atomic E-state index is 11.3. The van der Waals surface area contributed by atoms with Crippen LogP contribution in [0.25, 0.3) is 5.69 Å². The zero-order chi connectivity index (χ0) is 18.1. The lowest BCUT2D eigenvalue weighted by atomic mass is 10.2. The van der Waals surface area contributed by atoms with Gasteiger partial charge in [0.15, 0.2) is 0 Å². The van der Waals surface area contributed by atoms with Crippen molar-refractivity contribution in [2.45, 2.75) is 6.92 Å². The van der Waals surface area contributed by atoms with Crippen LogP contribution in [0.1, 0.15) is 5.56 Å². The third-order valence-electron chi connectivity index (χ3n) is 3.35. The fourth-order valence-electron chi connectivity index (χ4n) is 2.16. The first-order valence-corrected chi connectivity index (χ1v) is 8.17. The van der Waals surface area contributed by atoms with E-state index < -0.39 is 10.7 Å². The minimum absolute atomic E-state index is 0.299. The van der Waals surface area contributed by atoms with Gasteiger partial charge in [-0.15, -0.1) is 0 Å². The molecule has 0 saturated carbocycles. The van der Waals surface area contributed by atoms with E-state index in [4.69, 9.17) is 11.6 Å². The maximum atomic E-state index is 11.3. The molecule has 0 aliphatic rings. The summed E-state index contributed by atoms with van der Waals surface area (Å²) in [4.78, 5) is 16.2. The summed E-state index contributed by atoms with van der Waals surface area (Å²) in [7, 11) is 0. The first-order valence-electron chi connectivity index (χ1n) is 6.99. The first kappa shape index (κ1) is 17.2. The molecule has 10 heteroatoms. The highest BCUT2D eigenvalue weighted by Crippen LogP contribution is 2.22. The van der Waals surface area contributed by atoms with Gasteiger partial charge in [-0.25, -0.2) is 4.99 Å². The van der Waals surface area contributed by atoms with Gasteiger partial charge in [0, 0.05) is 9.50 Å². The van der Waals surface area contributed by atoms with E-state index in [1.807, 2.05) is 6.92 Å². The number of halogens is 2. The summed E-state index contributed by atoms with van der Waals surface area (Å²) in [6.07, 6.45) is 0. The lowest BCUT2D eigenvalue weighted by Crippen LogP contribution is -2.22. The van der Waals surface area contributed by atoms with E-state index in [-0.39, 0.29) is 5.49 Å². The molecule has 8 nitrogen and oxygen atoms in total.